The maximum atomic E-state index is 9.97. The molecule has 1 aliphatic heterocycles. The maximum absolute atomic E-state index is 9.97. The first-order valence-electron chi connectivity index (χ1n) is 5.07. The summed E-state index contributed by atoms with van der Waals surface area (Å²) in [5, 5.41) is 19.5. The molecule has 2 fully saturated rings. The van der Waals surface area contributed by atoms with Gasteiger partial charge in [-0.3, -0.25) is 0 Å². The summed E-state index contributed by atoms with van der Waals surface area (Å²) in [6.07, 6.45) is 2.14. The fourth-order valence-corrected chi connectivity index (χ4v) is 2.63. The molecular weight excluding hydrogens is 168 g/mol. The number of aliphatic hydroxyl groups excluding tert-OH is 1. The lowest BCUT2D eigenvalue weighted by Gasteiger charge is -2.33. The summed E-state index contributed by atoms with van der Waals surface area (Å²) in [7, 11) is 0. The molecule has 2 aliphatic rings. The Bertz CT molecular complexity index is 202. The van der Waals surface area contributed by atoms with E-state index in [1.54, 1.807) is 6.92 Å². The molecule has 0 aromatic heterocycles. The van der Waals surface area contributed by atoms with Crippen LogP contribution in [0.3, 0.4) is 0 Å². The summed E-state index contributed by atoms with van der Waals surface area (Å²) in [4.78, 5) is 0. The zero-order valence-corrected chi connectivity index (χ0v) is 8.23. The molecule has 5 atom stereocenters. The summed E-state index contributed by atoms with van der Waals surface area (Å²) in [5.41, 5.74) is -1.04. The number of aliphatic hydroxyl groups is 2. The normalized spacial score (nSPS) is 56.3. The lowest BCUT2D eigenvalue weighted by Crippen LogP contribution is -2.42. The molecule has 2 rings (SSSR count). The van der Waals surface area contributed by atoms with Gasteiger partial charge in [-0.15, -0.1) is 0 Å². The zero-order chi connectivity index (χ0) is 9.64. The van der Waals surface area contributed by atoms with Crippen molar-refractivity contribution in [2.75, 3.05) is 0 Å². The minimum absolute atomic E-state index is 0.0637. The predicted molar refractivity (Wildman–Crippen MR) is 48.0 cm³/mol. The second-order valence-corrected chi connectivity index (χ2v) is 4.78. The summed E-state index contributed by atoms with van der Waals surface area (Å²) in [5.74, 6) is 0.779. The minimum Gasteiger partial charge on any atom is -0.384 e. The second-order valence-electron chi connectivity index (χ2n) is 4.78. The standard InChI is InChI=1S/C10H18O3/c1-6-3-4-7-8(5-6)13-9(11)10(7,2)12/h6-9,11-12H,3-5H2,1-2H3/t6-,7-,8-,9?,10?/m1/s1. The van der Waals surface area contributed by atoms with Gasteiger partial charge < -0.3 is 14.9 Å². The predicted octanol–water partition coefficient (Wildman–Crippen LogP) is 0.891. The highest BCUT2D eigenvalue weighted by atomic mass is 16.6. The minimum atomic E-state index is -1.04. The van der Waals surface area contributed by atoms with Gasteiger partial charge in [-0.2, -0.15) is 0 Å². The maximum Gasteiger partial charge on any atom is 0.184 e. The number of rotatable bonds is 0. The Morgan fingerprint density at radius 2 is 2.08 bits per heavy atom. The van der Waals surface area contributed by atoms with Crippen molar-refractivity contribution >= 4 is 0 Å². The van der Waals surface area contributed by atoms with Gasteiger partial charge >= 0.3 is 0 Å². The van der Waals surface area contributed by atoms with Crippen LogP contribution in [-0.2, 0) is 4.74 Å². The van der Waals surface area contributed by atoms with E-state index in [2.05, 4.69) is 6.92 Å². The van der Waals surface area contributed by atoms with Crippen LogP contribution >= 0.6 is 0 Å². The van der Waals surface area contributed by atoms with Crippen molar-refractivity contribution in [2.45, 2.75) is 51.1 Å². The van der Waals surface area contributed by atoms with E-state index in [4.69, 9.17) is 4.74 Å². The van der Waals surface area contributed by atoms with Crippen LogP contribution in [0.2, 0.25) is 0 Å². The first-order chi connectivity index (χ1) is 6.01. The molecule has 13 heavy (non-hydrogen) atoms. The lowest BCUT2D eigenvalue weighted by molar-refractivity contribution is -0.164. The average molecular weight is 186 g/mol. The molecule has 1 saturated carbocycles. The first kappa shape index (κ1) is 9.44. The van der Waals surface area contributed by atoms with Gasteiger partial charge in [0, 0.05) is 5.92 Å². The molecule has 0 bridgehead atoms. The molecular formula is C10H18O3. The van der Waals surface area contributed by atoms with Crippen LogP contribution in [0.5, 0.6) is 0 Å². The Labute approximate surface area is 78.7 Å². The molecule has 1 aliphatic carbocycles. The Kier molecular flexibility index (Phi) is 2.13. The monoisotopic (exact) mass is 186 g/mol. The van der Waals surface area contributed by atoms with E-state index in [1.807, 2.05) is 0 Å². The Balaban J connectivity index is 2.14. The fourth-order valence-electron chi connectivity index (χ4n) is 2.63. The van der Waals surface area contributed by atoms with Gasteiger partial charge in [0.25, 0.3) is 0 Å². The molecule has 3 heteroatoms. The van der Waals surface area contributed by atoms with Crippen LogP contribution in [0, 0.1) is 11.8 Å². The van der Waals surface area contributed by atoms with E-state index in [1.165, 1.54) is 0 Å². The van der Waals surface area contributed by atoms with Gasteiger partial charge in [0.1, 0.15) is 5.60 Å². The van der Waals surface area contributed by atoms with Crippen LogP contribution in [0.15, 0.2) is 0 Å². The van der Waals surface area contributed by atoms with E-state index >= 15 is 0 Å². The zero-order valence-electron chi connectivity index (χ0n) is 8.23. The molecule has 1 saturated heterocycles. The van der Waals surface area contributed by atoms with Crippen molar-refractivity contribution in [1.29, 1.82) is 0 Å². The largest absolute Gasteiger partial charge is 0.384 e. The Hall–Kier alpha value is -0.120. The molecule has 0 amide bonds. The molecule has 0 aromatic rings. The van der Waals surface area contributed by atoms with E-state index in [0.29, 0.717) is 5.92 Å². The van der Waals surface area contributed by atoms with E-state index in [-0.39, 0.29) is 12.0 Å². The number of hydrogen-bond donors (Lipinski definition) is 2. The third kappa shape index (κ3) is 1.39. The Morgan fingerprint density at radius 3 is 2.77 bits per heavy atom. The molecule has 0 spiro atoms. The first-order valence-corrected chi connectivity index (χ1v) is 5.07. The number of fused-ring (bicyclic) bond motifs is 1. The number of ether oxygens (including phenoxy) is 1. The molecule has 1 heterocycles. The van der Waals surface area contributed by atoms with Crippen molar-refractivity contribution in [2.24, 2.45) is 11.8 Å². The van der Waals surface area contributed by atoms with Crippen LogP contribution < -0.4 is 0 Å². The highest BCUT2D eigenvalue weighted by Crippen LogP contribution is 2.44. The third-order valence-electron chi connectivity index (χ3n) is 3.61. The van der Waals surface area contributed by atoms with Crippen molar-refractivity contribution in [3.05, 3.63) is 0 Å². The van der Waals surface area contributed by atoms with Crippen LogP contribution in [-0.4, -0.2) is 28.2 Å². The van der Waals surface area contributed by atoms with E-state index < -0.39 is 11.9 Å². The van der Waals surface area contributed by atoms with Crippen LogP contribution in [0.25, 0.3) is 0 Å². The Morgan fingerprint density at radius 1 is 1.38 bits per heavy atom. The van der Waals surface area contributed by atoms with Crippen molar-refractivity contribution in [1.82, 2.24) is 0 Å². The summed E-state index contributed by atoms with van der Waals surface area (Å²) in [6, 6.07) is 0. The molecule has 2 N–H and O–H groups in total. The fraction of sp³-hybridized carbons (Fsp3) is 1.00. The van der Waals surface area contributed by atoms with Gasteiger partial charge in [0.05, 0.1) is 6.10 Å². The summed E-state index contributed by atoms with van der Waals surface area (Å²) in [6.45, 7) is 3.87. The second kappa shape index (κ2) is 2.94. The smallest absolute Gasteiger partial charge is 0.184 e. The highest BCUT2D eigenvalue weighted by Gasteiger charge is 2.53. The number of hydrogen-bond acceptors (Lipinski definition) is 3. The third-order valence-corrected chi connectivity index (χ3v) is 3.61. The van der Waals surface area contributed by atoms with Crippen LogP contribution in [0.1, 0.15) is 33.1 Å². The van der Waals surface area contributed by atoms with Crippen LogP contribution in [0.4, 0.5) is 0 Å². The highest BCUT2D eigenvalue weighted by molar-refractivity contribution is 4.98. The van der Waals surface area contributed by atoms with E-state index in [0.717, 1.165) is 19.3 Å². The lowest BCUT2D eigenvalue weighted by atomic mass is 9.74. The van der Waals surface area contributed by atoms with Gasteiger partial charge in [-0.25, -0.2) is 0 Å². The summed E-state index contributed by atoms with van der Waals surface area (Å²) >= 11 is 0. The van der Waals surface area contributed by atoms with Gasteiger partial charge in [0.15, 0.2) is 6.29 Å². The van der Waals surface area contributed by atoms with Gasteiger partial charge in [0.2, 0.25) is 0 Å². The average Bonchev–Trinajstić information content (AvgIpc) is 2.23. The molecule has 0 aromatic carbocycles. The van der Waals surface area contributed by atoms with Crippen molar-refractivity contribution in [3.8, 4) is 0 Å². The van der Waals surface area contributed by atoms with Gasteiger partial charge in [-0.1, -0.05) is 13.3 Å². The molecule has 76 valence electrons. The molecule has 2 unspecified atom stereocenters. The molecule has 3 nitrogen and oxygen atoms in total. The van der Waals surface area contributed by atoms with E-state index in [9.17, 15) is 10.2 Å². The summed E-state index contributed by atoms with van der Waals surface area (Å²) < 4.78 is 5.36. The quantitative estimate of drug-likeness (QED) is 0.590. The SMILES string of the molecule is C[C@@H]1CC[C@@H]2[C@@H](C1)OC(O)C2(C)O. The van der Waals surface area contributed by atoms with Crippen molar-refractivity contribution in [3.63, 3.8) is 0 Å². The van der Waals surface area contributed by atoms with Gasteiger partial charge in [-0.05, 0) is 25.7 Å². The topological polar surface area (TPSA) is 49.7 Å². The van der Waals surface area contributed by atoms with Crippen molar-refractivity contribution < 1.29 is 14.9 Å². The molecule has 0 radical (unpaired) electrons.